The molecule has 0 spiro atoms. The van der Waals surface area contributed by atoms with Crippen molar-refractivity contribution in [3.8, 4) is 11.5 Å². The van der Waals surface area contributed by atoms with Crippen LogP contribution in [0.1, 0.15) is 32.6 Å². The Morgan fingerprint density at radius 2 is 1.81 bits per heavy atom. The van der Waals surface area contributed by atoms with Crippen LogP contribution in [0.4, 0.5) is 11.4 Å². The topological polar surface area (TPSA) is 85.6 Å². The molecule has 27 heavy (non-hydrogen) atoms. The minimum atomic E-state index is -0.440. The second kappa shape index (κ2) is 6.83. The van der Waals surface area contributed by atoms with Crippen molar-refractivity contribution in [2.75, 3.05) is 17.4 Å². The molecule has 4 rings (SSSR count). The maximum Gasteiger partial charge on any atom is 0.246 e. The zero-order chi connectivity index (χ0) is 19.0. The molecule has 0 aliphatic carbocycles. The predicted molar refractivity (Wildman–Crippen MR) is 102 cm³/mol. The number of fused-ring (bicyclic) bond motifs is 2. The molecule has 0 saturated heterocycles. The van der Waals surface area contributed by atoms with Gasteiger partial charge >= 0.3 is 0 Å². The SMILES string of the molecule is CC(Nc1ccc2oc(C(C)C)nc2c1)C(=O)Nc1ccc2c(c1)OCO2. The number of ether oxygens (including phenoxy) is 2. The molecule has 7 nitrogen and oxygen atoms in total. The fourth-order valence-corrected chi connectivity index (χ4v) is 2.82. The quantitative estimate of drug-likeness (QED) is 0.706. The number of nitrogens with one attached hydrogen (secondary N) is 2. The van der Waals surface area contributed by atoms with Crippen molar-refractivity contribution < 1.29 is 18.7 Å². The molecule has 0 radical (unpaired) electrons. The van der Waals surface area contributed by atoms with Gasteiger partial charge in [0.2, 0.25) is 12.7 Å². The van der Waals surface area contributed by atoms with Crippen LogP contribution < -0.4 is 20.1 Å². The molecule has 2 heterocycles. The minimum Gasteiger partial charge on any atom is -0.454 e. The van der Waals surface area contributed by atoms with Gasteiger partial charge in [-0.1, -0.05) is 13.8 Å². The van der Waals surface area contributed by atoms with Gasteiger partial charge in [-0.25, -0.2) is 4.98 Å². The molecular formula is C20H21N3O4. The number of amides is 1. The Labute approximate surface area is 156 Å². The average molecular weight is 367 g/mol. The van der Waals surface area contributed by atoms with E-state index in [-0.39, 0.29) is 18.6 Å². The minimum absolute atomic E-state index is 0.156. The third-order valence-electron chi connectivity index (χ3n) is 4.31. The van der Waals surface area contributed by atoms with Gasteiger partial charge < -0.3 is 24.5 Å². The molecule has 3 aromatic rings. The molecule has 2 N–H and O–H groups in total. The number of nitrogens with zero attached hydrogens (tertiary/aromatic N) is 1. The lowest BCUT2D eigenvalue weighted by Crippen LogP contribution is -2.31. The van der Waals surface area contributed by atoms with Crippen molar-refractivity contribution in [1.82, 2.24) is 4.98 Å². The van der Waals surface area contributed by atoms with Crippen molar-refractivity contribution in [2.45, 2.75) is 32.7 Å². The molecule has 1 aliphatic heterocycles. The Morgan fingerprint density at radius 3 is 2.63 bits per heavy atom. The van der Waals surface area contributed by atoms with Crippen molar-refractivity contribution in [2.24, 2.45) is 0 Å². The Balaban J connectivity index is 1.44. The summed E-state index contributed by atoms with van der Waals surface area (Å²) in [4.78, 5) is 17.0. The highest BCUT2D eigenvalue weighted by molar-refractivity contribution is 5.96. The van der Waals surface area contributed by atoms with Crippen molar-refractivity contribution in [1.29, 1.82) is 0 Å². The number of rotatable bonds is 5. The van der Waals surface area contributed by atoms with Crippen LogP contribution >= 0.6 is 0 Å². The van der Waals surface area contributed by atoms with E-state index in [0.717, 1.165) is 16.8 Å². The van der Waals surface area contributed by atoms with E-state index in [4.69, 9.17) is 13.9 Å². The first-order valence-electron chi connectivity index (χ1n) is 8.87. The zero-order valence-electron chi connectivity index (χ0n) is 15.4. The van der Waals surface area contributed by atoms with Crippen molar-refractivity contribution in [3.05, 3.63) is 42.3 Å². The summed E-state index contributed by atoms with van der Waals surface area (Å²) in [5.74, 6) is 2.08. The summed E-state index contributed by atoms with van der Waals surface area (Å²) < 4.78 is 16.3. The Kier molecular flexibility index (Phi) is 4.35. The molecule has 1 aliphatic rings. The van der Waals surface area contributed by atoms with E-state index in [9.17, 15) is 4.79 Å². The molecule has 0 bridgehead atoms. The van der Waals surface area contributed by atoms with E-state index in [1.54, 1.807) is 25.1 Å². The Morgan fingerprint density at radius 1 is 1.04 bits per heavy atom. The summed E-state index contributed by atoms with van der Waals surface area (Å²) in [5, 5.41) is 6.07. The van der Waals surface area contributed by atoms with E-state index >= 15 is 0 Å². The van der Waals surface area contributed by atoms with Crippen LogP contribution in [0.3, 0.4) is 0 Å². The second-order valence-corrected chi connectivity index (χ2v) is 6.81. The molecule has 2 aromatic carbocycles. The van der Waals surface area contributed by atoms with Crippen LogP contribution in [-0.2, 0) is 4.79 Å². The summed E-state index contributed by atoms with van der Waals surface area (Å²) in [7, 11) is 0. The van der Waals surface area contributed by atoms with Crippen LogP contribution in [-0.4, -0.2) is 23.7 Å². The Bertz CT molecular complexity index is 996. The smallest absolute Gasteiger partial charge is 0.246 e. The average Bonchev–Trinajstić information content (AvgIpc) is 3.27. The summed E-state index contributed by atoms with van der Waals surface area (Å²) in [6, 6.07) is 10.5. The first kappa shape index (κ1) is 17.2. The fraction of sp³-hybridized carbons (Fsp3) is 0.300. The van der Waals surface area contributed by atoms with Crippen LogP contribution in [0.25, 0.3) is 11.1 Å². The third-order valence-corrected chi connectivity index (χ3v) is 4.31. The molecule has 1 atom stereocenters. The molecule has 1 aromatic heterocycles. The van der Waals surface area contributed by atoms with Gasteiger partial charge in [0.05, 0.1) is 0 Å². The van der Waals surface area contributed by atoms with Crippen molar-refractivity contribution >= 4 is 28.4 Å². The number of benzene rings is 2. The number of anilines is 2. The number of hydrogen-bond acceptors (Lipinski definition) is 6. The van der Waals surface area contributed by atoms with Gasteiger partial charge in [-0.2, -0.15) is 0 Å². The largest absolute Gasteiger partial charge is 0.454 e. The highest BCUT2D eigenvalue weighted by Gasteiger charge is 2.17. The van der Waals surface area contributed by atoms with E-state index in [1.165, 1.54) is 0 Å². The molecule has 140 valence electrons. The second-order valence-electron chi connectivity index (χ2n) is 6.81. The van der Waals surface area contributed by atoms with Gasteiger partial charge in [0, 0.05) is 23.4 Å². The van der Waals surface area contributed by atoms with Gasteiger partial charge in [-0.05, 0) is 37.3 Å². The number of carbonyl (C=O) groups is 1. The first-order chi connectivity index (χ1) is 13.0. The van der Waals surface area contributed by atoms with E-state index in [2.05, 4.69) is 15.6 Å². The van der Waals surface area contributed by atoms with Crippen LogP contribution in [0.15, 0.2) is 40.8 Å². The maximum absolute atomic E-state index is 12.5. The lowest BCUT2D eigenvalue weighted by molar-refractivity contribution is -0.116. The van der Waals surface area contributed by atoms with E-state index in [1.807, 2.05) is 32.0 Å². The van der Waals surface area contributed by atoms with Gasteiger partial charge in [-0.3, -0.25) is 4.79 Å². The molecule has 1 amide bonds. The van der Waals surface area contributed by atoms with E-state index < -0.39 is 6.04 Å². The maximum atomic E-state index is 12.5. The van der Waals surface area contributed by atoms with Gasteiger partial charge in [0.15, 0.2) is 23.0 Å². The van der Waals surface area contributed by atoms with Crippen molar-refractivity contribution in [3.63, 3.8) is 0 Å². The normalized spacial score (nSPS) is 13.8. The highest BCUT2D eigenvalue weighted by atomic mass is 16.7. The standard InChI is InChI=1S/C20H21N3O4/c1-11(2)20-23-15-8-13(4-6-16(15)27-20)21-12(3)19(24)22-14-5-7-17-18(9-14)26-10-25-17/h4-9,11-12,21H,10H2,1-3H3,(H,22,24). The fourth-order valence-electron chi connectivity index (χ4n) is 2.82. The number of oxazole rings is 1. The van der Waals surface area contributed by atoms with E-state index in [0.29, 0.717) is 23.1 Å². The number of carbonyl (C=O) groups excluding carboxylic acids is 1. The molecule has 0 saturated carbocycles. The van der Waals surface area contributed by atoms with Gasteiger partial charge in [-0.15, -0.1) is 0 Å². The molecule has 1 unspecified atom stereocenters. The zero-order valence-corrected chi connectivity index (χ0v) is 15.4. The van der Waals surface area contributed by atoms with Crippen LogP contribution in [0, 0.1) is 0 Å². The molecule has 7 heteroatoms. The summed E-state index contributed by atoms with van der Waals surface area (Å²) in [6.45, 7) is 6.07. The molecule has 0 fully saturated rings. The van der Waals surface area contributed by atoms with Gasteiger partial charge in [0.1, 0.15) is 11.6 Å². The number of aromatic nitrogens is 1. The highest BCUT2D eigenvalue weighted by Crippen LogP contribution is 2.34. The lowest BCUT2D eigenvalue weighted by atomic mass is 10.2. The Hall–Kier alpha value is -3.22. The first-order valence-corrected chi connectivity index (χ1v) is 8.87. The third kappa shape index (κ3) is 3.53. The summed E-state index contributed by atoms with van der Waals surface area (Å²) in [5.41, 5.74) is 2.97. The summed E-state index contributed by atoms with van der Waals surface area (Å²) >= 11 is 0. The van der Waals surface area contributed by atoms with Crippen LogP contribution in [0.5, 0.6) is 11.5 Å². The monoisotopic (exact) mass is 367 g/mol. The lowest BCUT2D eigenvalue weighted by Gasteiger charge is -2.15. The van der Waals surface area contributed by atoms with Crippen LogP contribution in [0.2, 0.25) is 0 Å². The summed E-state index contributed by atoms with van der Waals surface area (Å²) in [6.07, 6.45) is 0. The van der Waals surface area contributed by atoms with Gasteiger partial charge in [0.25, 0.3) is 0 Å². The predicted octanol–water partition coefficient (Wildman–Crippen LogP) is 4.12. The molecular weight excluding hydrogens is 346 g/mol. The number of hydrogen-bond donors (Lipinski definition) is 2.